The number of nitrogens with zero attached hydrogens (tertiary/aromatic N) is 2. The fourth-order valence-electron chi connectivity index (χ4n) is 4.31. The normalized spacial score (nSPS) is 18.1. The number of ether oxygens (including phenoxy) is 1. The third-order valence-corrected chi connectivity index (χ3v) is 7.35. The van der Waals surface area contributed by atoms with Crippen LogP contribution in [0.25, 0.3) is 10.1 Å². The van der Waals surface area contributed by atoms with Crippen molar-refractivity contribution in [2.75, 3.05) is 44.4 Å². The maximum absolute atomic E-state index is 14.6. The number of carbonyl (C=O) groups excluding carboxylic acids is 1. The SMILES string of the molecule is COc1nc(C(N)=O)ccc1NCC#Cc1sc2c(N[C@@H]3CCN(C)C[C@@H]3F)cccc2c1CC(F)(F)F. The zero-order valence-electron chi connectivity index (χ0n) is 20.8. The van der Waals surface area contributed by atoms with Gasteiger partial charge in [0.05, 0.1) is 47.1 Å². The van der Waals surface area contributed by atoms with E-state index in [0.717, 1.165) is 17.9 Å². The van der Waals surface area contributed by atoms with E-state index in [-0.39, 0.29) is 23.7 Å². The minimum atomic E-state index is -4.43. The quantitative estimate of drug-likeness (QED) is 0.299. The molecule has 7 nitrogen and oxygen atoms in total. The second-order valence-corrected chi connectivity index (χ2v) is 10.00. The van der Waals surface area contributed by atoms with Crippen molar-refractivity contribution < 1.29 is 27.1 Å². The minimum Gasteiger partial charge on any atom is -0.480 e. The van der Waals surface area contributed by atoms with Gasteiger partial charge in [-0.3, -0.25) is 4.79 Å². The van der Waals surface area contributed by atoms with Gasteiger partial charge in [0, 0.05) is 13.1 Å². The number of anilines is 2. The summed E-state index contributed by atoms with van der Waals surface area (Å²) in [4.78, 5) is 17.5. The second kappa shape index (κ2) is 11.4. The van der Waals surface area contributed by atoms with Crippen LogP contribution in [0.3, 0.4) is 0 Å². The summed E-state index contributed by atoms with van der Waals surface area (Å²) in [6.07, 6.45) is -6.05. The van der Waals surface area contributed by atoms with Gasteiger partial charge < -0.3 is 26.0 Å². The number of hydrogen-bond acceptors (Lipinski definition) is 7. The van der Waals surface area contributed by atoms with Gasteiger partial charge in [0.25, 0.3) is 5.91 Å². The molecule has 0 saturated carbocycles. The van der Waals surface area contributed by atoms with Crippen LogP contribution in [0.1, 0.15) is 27.3 Å². The lowest BCUT2D eigenvalue weighted by atomic mass is 10.0. The zero-order valence-corrected chi connectivity index (χ0v) is 21.6. The number of piperidine rings is 1. The van der Waals surface area contributed by atoms with E-state index in [2.05, 4.69) is 27.5 Å². The molecule has 1 fully saturated rings. The van der Waals surface area contributed by atoms with Crippen LogP contribution in [0.5, 0.6) is 5.88 Å². The van der Waals surface area contributed by atoms with Crippen LogP contribution in [-0.4, -0.2) is 68.0 Å². The molecule has 2 atom stereocenters. The Morgan fingerprint density at radius 2 is 2.08 bits per heavy atom. The van der Waals surface area contributed by atoms with E-state index in [4.69, 9.17) is 10.5 Å². The molecule has 0 spiro atoms. The number of nitrogens with one attached hydrogen (secondary N) is 2. The molecular weight excluding hydrogens is 522 g/mol. The number of carbonyl (C=O) groups is 1. The van der Waals surface area contributed by atoms with Crippen molar-refractivity contribution in [3.63, 3.8) is 0 Å². The van der Waals surface area contributed by atoms with Gasteiger partial charge in [0.15, 0.2) is 0 Å². The first-order valence-electron chi connectivity index (χ1n) is 11.8. The van der Waals surface area contributed by atoms with Crippen LogP contribution in [-0.2, 0) is 6.42 Å². The summed E-state index contributed by atoms with van der Waals surface area (Å²) in [5.74, 6) is 5.16. The summed E-state index contributed by atoms with van der Waals surface area (Å²) >= 11 is 1.16. The van der Waals surface area contributed by atoms with Crippen LogP contribution in [0.4, 0.5) is 28.9 Å². The second-order valence-electron chi connectivity index (χ2n) is 8.97. The Hall–Kier alpha value is -3.56. The lowest BCUT2D eigenvalue weighted by molar-refractivity contribution is -0.126. The molecule has 1 amide bonds. The van der Waals surface area contributed by atoms with E-state index in [1.165, 1.54) is 13.2 Å². The highest BCUT2D eigenvalue weighted by atomic mass is 32.1. The summed E-state index contributed by atoms with van der Waals surface area (Å²) in [5.41, 5.74) is 6.41. The largest absolute Gasteiger partial charge is 0.480 e. The summed E-state index contributed by atoms with van der Waals surface area (Å²) in [5, 5.41) is 6.66. The molecule has 0 radical (unpaired) electrons. The minimum absolute atomic E-state index is 0.0318. The fraction of sp³-hybridized carbons (Fsp3) is 0.385. The highest BCUT2D eigenvalue weighted by Crippen LogP contribution is 2.39. The average Bonchev–Trinajstić information content (AvgIpc) is 3.20. The fourth-order valence-corrected chi connectivity index (χ4v) is 5.48. The number of methoxy groups -OCH3 is 1. The maximum atomic E-state index is 14.6. The molecule has 1 aromatic carbocycles. The standard InChI is InChI=1S/C26H27F4N5O2S/c1-35-12-10-18(17(27)14-35)33-19-6-3-5-15-16(13-26(28,29)30)22(38-23(15)19)7-4-11-32-21-9-8-20(24(31)36)34-25(21)37-2/h3,5-6,8-9,17-18,32-33H,10-14H2,1-2H3,(H2,31,36)/t17-,18+/m0/s1. The van der Waals surface area contributed by atoms with Gasteiger partial charge in [-0.25, -0.2) is 9.37 Å². The number of nitrogens with two attached hydrogens (primary N) is 1. The smallest absolute Gasteiger partial charge is 0.393 e. The molecule has 4 rings (SSSR count). The number of hydrogen-bond donors (Lipinski definition) is 3. The van der Waals surface area contributed by atoms with Crippen LogP contribution in [0.15, 0.2) is 30.3 Å². The van der Waals surface area contributed by atoms with Gasteiger partial charge in [-0.1, -0.05) is 24.0 Å². The third kappa shape index (κ3) is 6.46. The Morgan fingerprint density at radius 3 is 2.76 bits per heavy atom. The molecule has 38 heavy (non-hydrogen) atoms. The summed E-state index contributed by atoms with van der Waals surface area (Å²) in [7, 11) is 3.24. The summed E-state index contributed by atoms with van der Waals surface area (Å²) in [6, 6.07) is 7.63. The molecule has 0 aliphatic carbocycles. The highest BCUT2D eigenvalue weighted by Gasteiger charge is 2.32. The van der Waals surface area contributed by atoms with Crippen LogP contribution >= 0.6 is 11.3 Å². The van der Waals surface area contributed by atoms with E-state index < -0.39 is 30.7 Å². The lowest BCUT2D eigenvalue weighted by Crippen LogP contribution is -2.46. The maximum Gasteiger partial charge on any atom is 0.393 e. The van der Waals surface area contributed by atoms with Crippen molar-refractivity contribution in [2.24, 2.45) is 5.73 Å². The molecule has 0 bridgehead atoms. The Balaban J connectivity index is 1.60. The van der Waals surface area contributed by atoms with Gasteiger partial charge in [-0.05, 0) is 42.6 Å². The molecular formula is C26H27F4N5O2S. The Kier molecular flexibility index (Phi) is 8.28. The zero-order chi connectivity index (χ0) is 27.4. The van der Waals surface area contributed by atoms with Crippen LogP contribution in [0, 0.1) is 11.8 Å². The van der Waals surface area contributed by atoms with Gasteiger partial charge in [-0.15, -0.1) is 11.3 Å². The van der Waals surface area contributed by atoms with Crippen molar-refractivity contribution in [1.29, 1.82) is 0 Å². The van der Waals surface area contributed by atoms with E-state index in [0.29, 0.717) is 39.3 Å². The Labute approximate surface area is 221 Å². The number of halogens is 4. The van der Waals surface area contributed by atoms with Crippen molar-refractivity contribution in [3.05, 3.63) is 46.5 Å². The number of fused-ring (bicyclic) bond motifs is 1. The topological polar surface area (TPSA) is 92.5 Å². The van der Waals surface area contributed by atoms with Crippen LogP contribution < -0.4 is 21.1 Å². The first-order valence-corrected chi connectivity index (χ1v) is 12.6. The number of amides is 1. The first kappa shape index (κ1) is 27.5. The number of rotatable bonds is 7. The van der Waals surface area contributed by atoms with Crippen molar-refractivity contribution in [2.45, 2.75) is 31.2 Å². The Bertz CT molecular complexity index is 1380. The predicted molar refractivity (Wildman–Crippen MR) is 141 cm³/mol. The molecule has 0 unspecified atom stereocenters. The van der Waals surface area contributed by atoms with Crippen molar-refractivity contribution in [3.8, 4) is 17.7 Å². The molecule has 4 N–H and O–H groups in total. The molecule has 1 aliphatic rings. The Morgan fingerprint density at radius 1 is 1.29 bits per heavy atom. The molecule has 1 saturated heterocycles. The number of aromatic nitrogens is 1. The lowest BCUT2D eigenvalue weighted by Gasteiger charge is -2.33. The number of benzene rings is 1. The summed E-state index contributed by atoms with van der Waals surface area (Å²) in [6.45, 7) is 1.11. The number of alkyl halides is 4. The third-order valence-electron chi connectivity index (χ3n) is 6.16. The van der Waals surface area contributed by atoms with Crippen molar-refractivity contribution >= 4 is 38.7 Å². The molecule has 2 aromatic heterocycles. The van der Waals surface area contributed by atoms with E-state index >= 15 is 0 Å². The highest BCUT2D eigenvalue weighted by molar-refractivity contribution is 7.20. The molecule has 3 aromatic rings. The predicted octanol–water partition coefficient (Wildman–Crippen LogP) is 4.43. The molecule has 1 aliphatic heterocycles. The molecule has 3 heterocycles. The summed E-state index contributed by atoms with van der Waals surface area (Å²) < 4.78 is 60.9. The van der Waals surface area contributed by atoms with Gasteiger partial charge in [0.2, 0.25) is 5.88 Å². The number of primary amides is 1. The van der Waals surface area contributed by atoms with E-state index in [1.54, 1.807) is 24.3 Å². The average molecular weight is 550 g/mol. The number of likely N-dealkylation sites (tertiary alicyclic amines) is 1. The van der Waals surface area contributed by atoms with Gasteiger partial charge in [0.1, 0.15) is 11.9 Å². The molecule has 12 heteroatoms. The van der Waals surface area contributed by atoms with E-state index in [9.17, 15) is 22.4 Å². The van der Waals surface area contributed by atoms with Gasteiger partial charge >= 0.3 is 6.18 Å². The number of pyridine rings is 1. The number of thiophene rings is 1. The van der Waals surface area contributed by atoms with Crippen LogP contribution in [0.2, 0.25) is 0 Å². The van der Waals surface area contributed by atoms with Crippen molar-refractivity contribution in [1.82, 2.24) is 9.88 Å². The van der Waals surface area contributed by atoms with E-state index in [1.807, 2.05) is 11.9 Å². The van der Waals surface area contributed by atoms with Gasteiger partial charge in [-0.2, -0.15) is 13.2 Å². The monoisotopic (exact) mass is 549 g/mol. The first-order chi connectivity index (χ1) is 18.1. The molecule has 202 valence electrons.